The molecule has 86 valence electrons. The second-order valence-electron chi connectivity index (χ2n) is 3.30. The summed E-state index contributed by atoms with van der Waals surface area (Å²) >= 11 is 0. The molecule has 0 radical (unpaired) electrons. The van der Waals surface area contributed by atoms with Crippen LogP contribution in [0.4, 0.5) is 0 Å². The van der Waals surface area contributed by atoms with Gasteiger partial charge in [0.15, 0.2) is 0 Å². The standard InChI is InChI=1S/C10H12N2O4/c11-7(10(15)16)8(13)5-1-3-6(4-2-5)9(12)14/h1-4,7-8,13H,11H2,(H2,12,14)(H,15,16)/t7-,8-/m0/s1. The van der Waals surface area contributed by atoms with Gasteiger partial charge in [-0.15, -0.1) is 0 Å². The maximum absolute atomic E-state index is 10.8. The van der Waals surface area contributed by atoms with Gasteiger partial charge < -0.3 is 21.7 Å². The Morgan fingerprint density at radius 2 is 1.69 bits per heavy atom. The normalized spacial score (nSPS) is 14.1. The lowest BCUT2D eigenvalue weighted by atomic mass is 10.0. The van der Waals surface area contributed by atoms with Gasteiger partial charge in [-0.05, 0) is 17.7 Å². The summed E-state index contributed by atoms with van der Waals surface area (Å²) in [5.41, 5.74) is 10.9. The van der Waals surface area contributed by atoms with Crippen LogP contribution >= 0.6 is 0 Å². The summed E-state index contributed by atoms with van der Waals surface area (Å²) in [7, 11) is 0. The van der Waals surface area contributed by atoms with E-state index in [1.807, 2.05) is 0 Å². The molecule has 0 unspecified atom stereocenters. The summed E-state index contributed by atoms with van der Waals surface area (Å²) in [6.07, 6.45) is -1.32. The molecule has 0 saturated carbocycles. The molecule has 6 N–H and O–H groups in total. The van der Waals surface area contributed by atoms with E-state index in [2.05, 4.69) is 0 Å². The third kappa shape index (κ3) is 2.56. The SMILES string of the molecule is NC(=O)c1ccc([C@H](O)[C@H](N)C(=O)O)cc1. The van der Waals surface area contributed by atoms with Gasteiger partial charge in [0.25, 0.3) is 0 Å². The predicted molar refractivity (Wildman–Crippen MR) is 55.5 cm³/mol. The summed E-state index contributed by atoms with van der Waals surface area (Å²) < 4.78 is 0. The molecule has 0 heterocycles. The third-order valence-electron chi connectivity index (χ3n) is 2.16. The molecule has 0 aliphatic carbocycles. The van der Waals surface area contributed by atoms with E-state index < -0.39 is 24.0 Å². The lowest BCUT2D eigenvalue weighted by Crippen LogP contribution is -2.36. The molecule has 0 aliphatic heterocycles. The number of carboxylic acid groups (broad SMARTS) is 1. The van der Waals surface area contributed by atoms with E-state index in [1.54, 1.807) is 0 Å². The first kappa shape index (κ1) is 12.2. The fraction of sp³-hybridized carbons (Fsp3) is 0.200. The second-order valence-corrected chi connectivity index (χ2v) is 3.30. The second kappa shape index (κ2) is 4.73. The highest BCUT2D eigenvalue weighted by atomic mass is 16.4. The third-order valence-corrected chi connectivity index (χ3v) is 2.16. The number of rotatable bonds is 4. The first-order chi connectivity index (χ1) is 7.43. The Hall–Kier alpha value is -1.92. The maximum atomic E-state index is 10.8. The van der Waals surface area contributed by atoms with Crippen LogP contribution in [0.25, 0.3) is 0 Å². The van der Waals surface area contributed by atoms with E-state index >= 15 is 0 Å². The fourth-order valence-corrected chi connectivity index (χ4v) is 1.19. The van der Waals surface area contributed by atoms with Gasteiger partial charge in [0, 0.05) is 5.56 Å². The minimum absolute atomic E-state index is 0.278. The fourth-order valence-electron chi connectivity index (χ4n) is 1.19. The first-order valence-electron chi connectivity index (χ1n) is 4.49. The smallest absolute Gasteiger partial charge is 0.323 e. The molecule has 6 heteroatoms. The lowest BCUT2D eigenvalue weighted by Gasteiger charge is -2.15. The van der Waals surface area contributed by atoms with Gasteiger partial charge in [0.1, 0.15) is 12.1 Å². The summed E-state index contributed by atoms with van der Waals surface area (Å²) in [4.78, 5) is 21.3. The van der Waals surface area contributed by atoms with Crippen LogP contribution < -0.4 is 11.5 Å². The zero-order chi connectivity index (χ0) is 12.3. The van der Waals surface area contributed by atoms with Gasteiger partial charge in [-0.2, -0.15) is 0 Å². The van der Waals surface area contributed by atoms with Crippen molar-refractivity contribution in [2.24, 2.45) is 11.5 Å². The number of aliphatic carboxylic acids is 1. The van der Waals surface area contributed by atoms with Crippen molar-refractivity contribution in [1.82, 2.24) is 0 Å². The minimum atomic E-state index is -1.40. The number of carbonyl (C=O) groups is 2. The van der Waals surface area contributed by atoms with Crippen molar-refractivity contribution in [2.75, 3.05) is 0 Å². The number of amides is 1. The van der Waals surface area contributed by atoms with Crippen LogP contribution in [0.2, 0.25) is 0 Å². The maximum Gasteiger partial charge on any atom is 0.323 e. The molecule has 1 amide bonds. The molecule has 16 heavy (non-hydrogen) atoms. The minimum Gasteiger partial charge on any atom is -0.480 e. The van der Waals surface area contributed by atoms with Gasteiger partial charge >= 0.3 is 5.97 Å². The summed E-state index contributed by atoms with van der Waals surface area (Å²) in [5.74, 6) is -1.89. The summed E-state index contributed by atoms with van der Waals surface area (Å²) in [6.45, 7) is 0. The highest BCUT2D eigenvalue weighted by Gasteiger charge is 2.23. The largest absolute Gasteiger partial charge is 0.480 e. The number of primary amides is 1. The number of hydrogen-bond donors (Lipinski definition) is 4. The van der Waals surface area contributed by atoms with E-state index in [0.717, 1.165) is 0 Å². The lowest BCUT2D eigenvalue weighted by molar-refractivity contribution is -0.141. The Bertz CT molecular complexity index is 402. The Labute approximate surface area is 91.5 Å². The van der Waals surface area contributed by atoms with Gasteiger partial charge in [0.05, 0.1) is 0 Å². The van der Waals surface area contributed by atoms with E-state index in [4.69, 9.17) is 16.6 Å². The van der Waals surface area contributed by atoms with Crippen molar-refractivity contribution in [3.8, 4) is 0 Å². The first-order valence-corrected chi connectivity index (χ1v) is 4.49. The van der Waals surface area contributed by atoms with Crippen LogP contribution in [-0.4, -0.2) is 28.1 Å². The Balaban J connectivity index is 2.89. The van der Waals surface area contributed by atoms with Crippen LogP contribution in [0, 0.1) is 0 Å². The van der Waals surface area contributed by atoms with Crippen molar-refractivity contribution in [3.05, 3.63) is 35.4 Å². The van der Waals surface area contributed by atoms with Crippen molar-refractivity contribution in [2.45, 2.75) is 12.1 Å². The molecule has 0 fully saturated rings. The average Bonchev–Trinajstić information content (AvgIpc) is 2.27. The van der Waals surface area contributed by atoms with E-state index in [9.17, 15) is 14.7 Å². The molecule has 1 rings (SSSR count). The quantitative estimate of drug-likeness (QED) is 0.534. The molecule has 2 atom stereocenters. The van der Waals surface area contributed by atoms with Gasteiger partial charge in [-0.1, -0.05) is 12.1 Å². The molecule has 0 aromatic heterocycles. The molecular formula is C10H12N2O4. The zero-order valence-corrected chi connectivity index (χ0v) is 8.33. The summed E-state index contributed by atoms with van der Waals surface area (Å²) in [6, 6.07) is 4.21. The molecule has 0 saturated heterocycles. The topological polar surface area (TPSA) is 127 Å². The Morgan fingerprint density at radius 1 is 1.19 bits per heavy atom. The summed E-state index contributed by atoms with van der Waals surface area (Å²) in [5, 5.41) is 18.2. The molecule has 1 aromatic carbocycles. The number of nitrogens with two attached hydrogens (primary N) is 2. The monoisotopic (exact) mass is 224 g/mol. The van der Waals surface area contributed by atoms with Crippen LogP contribution in [0.1, 0.15) is 22.0 Å². The van der Waals surface area contributed by atoms with Crippen LogP contribution in [-0.2, 0) is 4.79 Å². The molecule has 6 nitrogen and oxygen atoms in total. The number of carbonyl (C=O) groups excluding carboxylic acids is 1. The van der Waals surface area contributed by atoms with E-state index in [-0.39, 0.29) is 5.56 Å². The van der Waals surface area contributed by atoms with Gasteiger partial charge in [-0.3, -0.25) is 9.59 Å². The van der Waals surface area contributed by atoms with E-state index in [1.165, 1.54) is 24.3 Å². The highest BCUT2D eigenvalue weighted by Crippen LogP contribution is 2.16. The highest BCUT2D eigenvalue weighted by molar-refractivity contribution is 5.92. The number of benzene rings is 1. The van der Waals surface area contributed by atoms with Crippen LogP contribution in [0.5, 0.6) is 0 Å². The van der Waals surface area contributed by atoms with Crippen molar-refractivity contribution in [3.63, 3.8) is 0 Å². The van der Waals surface area contributed by atoms with Crippen molar-refractivity contribution < 1.29 is 19.8 Å². The van der Waals surface area contributed by atoms with Gasteiger partial charge in [0.2, 0.25) is 5.91 Å². The van der Waals surface area contributed by atoms with Crippen molar-refractivity contribution >= 4 is 11.9 Å². The molecular weight excluding hydrogens is 212 g/mol. The van der Waals surface area contributed by atoms with Gasteiger partial charge in [-0.25, -0.2) is 0 Å². The Morgan fingerprint density at radius 3 is 2.06 bits per heavy atom. The molecule has 0 spiro atoms. The molecule has 0 bridgehead atoms. The van der Waals surface area contributed by atoms with E-state index in [0.29, 0.717) is 5.56 Å². The zero-order valence-electron chi connectivity index (χ0n) is 8.33. The number of hydrogen-bond acceptors (Lipinski definition) is 4. The Kier molecular flexibility index (Phi) is 3.60. The van der Waals surface area contributed by atoms with Crippen molar-refractivity contribution in [1.29, 1.82) is 0 Å². The predicted octanol–water partition coefficient (Wildman–Crippen LogP) is -0.769. The number of aliphatic hydroxyl groups excluding tert-OH is 1. The van der Waals surface area contributed by atoms with Crippen LogP contribution in [0.15, 0.2) is 24.3 Å². The number of carboxylic acids is 1. The van der Waals surface area contributed by atoms with Crippen LogP contribution in [0.3, 0.4) is 0 Å². The molecule has 0 aliphatic rings. The molecule has 1 aromatic rings. The average molecular weight is 224 g/mol. The number of aliphatic hydroxyl groups is 1.